The van der Waals surface area contributed by atoms with Crippen molar-refractivity contribution in [3.63, 3.8) is 0 Å². The first-order valence-corrected chi connectivity index (χ1v) is 13.4. The number of aromatic nitrogens is 2. The van der Waals surface area contributed by atoms with Crippen molar-refractivity contribution in [2.45, 2.75) is 70.6 Å². The van der Waals surface area contributed by atoms with E-state index in [1.54, 1.807) is 0 Å². The number of amides is 1. The molecule has 1 aromatic carbocycles. The Morgan fingerprint density at radius 3 is 2.39 bits per heavy atom. The largest absolute Gasteiger partial charge is 0.444 e. The Hall–Kier alpha value is -2.07. The predicted octanol–water partition coefficient (Wildman–Crippen LogP) is 5.14. The standard InChI is InChI=1S/C26H34BrF2N5O2/c1-25(2,3)36-24(35)34-15-6-7-16(34)13-33(12-15)23-17-10-18(28)20(27)21(29)22(17)30-19(31-23)11-26(8-9-26)14-32(4)5/h10,15-16H,6-9,11-14H2,1-5H3. The second-order valence-corrected chi connectivity index (χ2v) is 12.7. The first kappa shape index (κ1) is 25.6. The second-order valence-electron chi connectivity index (χ2n) is 11.9. The molecule has 3 heterocycles. The van der Waals surface area contributed by atoms with Crippen LogP contribution >= 0.6 is 15.9 Å². The zero-order valence-corrected chi connectivity index (χ0v) is 23.2. The Bertz CT molecular complexity index is 1180. The van der Waals surface area contributed by atoms with Gasteiger partial charge < -0.3 is 14.5 Å². The minimum Gasteiger partial charge on any atom is -0.444 e. The smallest absolute Gasteiger partial charge is 0.410 e. The first-order chi connectivity index (χ1) is 16.9. The molecule has 0 spiro atoms. The molecule has 1 aliphatic carbocycles. The fourth-order valence-electron chi connectivity index (χ4n) is 5.78. The van der Waals surface area contributed by atoms with E-state index in [-0.39, 0.29) is 33.6 Å². The van der Waals surface area contributed by atoms with E-state index in [1.165, 1.54) is 6.07 Å². The molecular weight excluding hydrogens is 532 g/mol. The van der Waals surface area contributed by atoms with Crippen LogP contribution < -0.4 is 4.90 Å². The van der Waals surface area contributed by atoms with Crippen LogP contribution in [-0.4, -0.2) is 77.3 Å². The van der Waals surface area contributed by atoms with Gasteiger partial charge >= 0.3 is 6.09 Å². The zero-order chi connectivity index (χ0) is 26.0. The number of anilines is 1. The molecule has 2 unspecified atom stereocenters. The number of halogens is 3. The Morgan fingerprint density at radius 1 is 1.19 bits per heavy atom. The molecule has 2 aromatic rings. The van der Waals surface area contributed by atoms with Crippen molar-refractivity contribution >= 4 is 38.7 Å². The molecule has 3 fully saturated rings. The van der Waals surface area contributed by atoms with Gasteiger partial charge in [0.25, 0.3) is 0 Å². The molecule has 0 radical (unpaired) electrons. The molecule has 1 saturated carbocycles. The van der Waals surface area contributed by atoms with Crippen LogP contribution in [0.3, 0.4) is 0 Å². The summed E-state index contributed by atoms with van der Waals surface area (Å²) >= 11 is 3.04. The maximum Gasteiger partial charge on any atom is 0.410 e. The van der Waals surface area contributed by atoms with Crippen molar-refractivity contribution in [2.75, 3.05) is 38.6 Å². The van der Waals surface area contributed by atoms with Crippen LogP contribution in [0.1, 0.15) is 52.3 Å². The third-order valence-electron chi connectivity index (χ3n) is 7.38. The van der Waals surface area contributed by atoms with Crippen LogP contribution in [0.25, 0.3) is 10.9 Å². The summed E-state index contributed by atoms with van der Waals surface area (Å²) in [5.41, 5.74) is -0.346. The van der Waals surface area contributed by atoms with Crippen molar-refractivity contribution in [1.82, 2.24) is 19.8 Å². The van der Waals surface area contributed by atoms with Gasteiger partial charge in [0.15, 0.2) is 5.82 Å². The summed E-state index contributed by atoms with van der Waals surface area (Å²) < 4.78 is 35.3. The summed E-state index contributed by atoms with van der Waals surface area (Å²) in [5.74, 6) is -0.264. The third kappa shape index (κ3) is 4.90. The maximum absolute atomic E-state index is 15.3. The predicted molar refractivity (Wildman–Crippen MR) is 138 cm³/mol. The number of fused-ring (bicyclic) bond motifs is 3. The first-order valence-electron chi connectivity index (χ1n) is 12.6. The fourth-order valence-corrected chi connectivity index (χ4v) is 6.09. The molecule has 36 heavy (non-hydrogen) atoms. The second kappa shape index (κ2) is 9.04. The molecular formula is C26H34BrF2N5O2. The summed E-state index contributed by atoms with van der Waals surface area (Å²) in [7, 11) is 4.10. The summed E-state index contributed by atoms with van der Waals surface area (Å²) in [6.45, 7) is 7.57. The number of rotatable bonds is 5. The lowest BCUT2D eigenvalue weighted by Gasteiger charge is -2.42. The van der Waals surface area contributed by atoms with E-state index >= 15 is 4.39 Å². The van der Waals surface area contributed by atoms with Gasteiger partial charge in [-0.2, -0.15) is 0 Å². The minimum absolute atomic E-state index is 0.0410. The van der Waals surface area contributed by atoms with E-state index in [2.05, 4.69) is 30.7 Å². The van der Waals surface area contributed by atoms with Gasteiger partial charge in [-0.25, -0.2) is 23.5 Å². The molecule has 10 heteroatoms. The van der Waals surface area contributed by atoms with Crippen LogP contribution in [0, 0.1) is 17.0 Å². The number of hydrogen-bond donors (Lipinski definition) is 0. The van der Waals surface area contributed by atoms with Crippen LogP contribution in [0.15, 0.2) is 10.5 Å². The molecule has 196 valence electrons. The molecule has 1 aromatic heterocycles. The average molecular weight is 566 g/mol. The Morgan fingerprint density at radius 2 is 1.83 bits per heavy atom. The van der Waals surface area contributed by atoms with Crippen LogP contribution in [0.2, 0.25) is 0 Å². The monoisotopic (exact) mass is 565 g/mol. The number of nitrogens with zero attached hydrogens (tertiary/aromatic N) is 5. The molecule has 7 nitrogen and oxygen atoms in total. The topological polar surface area (TPSA) is 61.8 Å². The average Bonchev–Trinajstić information content (AvgIpc) is 3.45. The number of hydrogen-bond acceptors (Lipinski definition) is 6. The Balaban J connectivity index is 1.50. The lowest BCUT2D eigenvalue weighted by Crippen LogP contribution is -2.57. The zero-order valence-electron chi connectivity index (χ0n) is 21.6. The van der Waals surface area contributed by atoms with Crippen molar-refractivity contribution in [3.8, 4) is 0 Å². The van der Waals surface area contributed by atoms with Gasteiger partial charge in [-0.05, 0) is 88.0 Å². The molecule has 0 N–H and O–H groups in total. The molecule has 2 saturated heterocycles. The Labute approximate surface area is 219 Å². The van der Waals surface area contributed by atoms with E-state index in [0.717, 1.165) is 32.2 Å². The van der Waals surface area contributed by atoms with Crippen molar-refractivity contribution in [1.29, 1.82) is 0 Å². The van der Waals surface area contributed by atoms with Gasteiger partial charge in [0, 0.05) is 31.4 Å². The lowest BCUT2D eigenvalue weighted by molar-refractivity contribution is 0.0123. The number of carbonyl (C=O) groups excluding carboxylic acids is 1. The van der Waals surface area contributed by atoms with E-state index in [1.807, 2.05) is 39.8 Å². The van der Waals surface area contributed by atoms with Gasteiger partial charge in [-0.1, -0.05) is 0 Å². The van der Waals surface area contributed by atoms with Crippen molar-refractivity contribution < 1.29 is 18.3 Å². The Kier molecular flexibility index (Phi) is 6.42. The molecule has 5 rings (SSSR count). The van der Waals surface area contributed by atoms with Gasteiger partial charge in [-0.3, -0.25) is 4.90 Å². The summed E-state index contributed by atoms with van der Waals surface area (Å²) in [5, 5.41) is 0.361. The highest BCUT2D eigenvalue weighted by Gasteiger charge is 2.46. The van der Waals surface area contributed by atoms with Crippen molar-refractivity contribution in [2.24, 2.45) is 5.41 Å². The highest BCUT2D eigenvalue weighted by Crippen LogP contribution is 2.49. The van der Waals surface area contributed by atoms with E-state index in [9.17, 15) is 9.18 Å². The summed E-state index contributed by atoms with van der Waals surface area (Å²) in [6.07, 6.45) is 4.22. The van der Waals surface area contributed by atoms with Gasteiger partial charge in [0.05, 0.1) is 16.6 Å². The van der Waals surface area contributed by atoms with E-state index in [0.29, 0.717) is 36.5 Å². The highest BCUT2D eigenvalue weighted by atomic mass is 79.9. The van der Waals surface area contributed by atoms with Crippen LogP contribution in [0.4, 0.5) is 19.4 Å². The highest BCUT2D eigenvalue weighted by molar-refractivity contribution is 9.10. The van der Waals surface area contributed by atoms with Crippen LogP contribution in [0.5, 0.6) is 0 Å². The molecule has 3 aliphatic rings. The van der Waals surface area contributed by atoms with Gasteiger partial charge in [0.2, 0.25) is 0 Å². The number of piperazine rings is 1. The number of benzene rings is 1. The fraction of sp³-hybridized carbons (Fsp3) is 0.654. The molecule has 2 atom stereocenters. The number of ether oxygens (including phenoxy) is 1. The molecule has 2 bridgehead atoms. The third-order valence-corrected chi connectivity index (χ3v) is 8.11. The van der Waals surface area contributed by atoms with Gasteiger partial charge in [-0.15, -0.1) is 0 Å². The molecule has 1 amide bonds. The minimum atomic E-state index is -0.706. The normalized spacial score (nSPS) is 23.0. The van der Waals surface area contributed by atoms with Gasteiger partial charge in [0.1, 0.15) is 28.6 Å². The summed E-state index contributed by atoms with van der Waals surface area (Å²) in [4.78, 5) is 28.5. The van der Waals surface area contributed by atoms with E-state index in [4.69, 9.17) is 9.72 Å². The molecule has 2 aliphatic heterocycles. The SMILES string of the molecule is CN(C)CC1(Cc2nc(N3CC4CCC(C3)N4C(=O)OC(C)(C)C)c3cc(F)c(Br)c(F)c3n2)CC1. The number of carbonyl (C=O) groups is 1. The van der Waals surface area contributed by atoms with Crippen LogP contribution in [-0.2, 0) is 11.2 Å². The maximum atomic E-state index is 15.3. The van der Waals surface area contributed by atoms with E-state index < -0.39 is 17.2 Å². The lowest BCUT2D eigenvalue weighted by atomic mass is 10.0. The van der Waals surface area contributed by atoms with Crippen molar-refractivity contribution in [3.05, 3.63) is 28.0 Å². The summed E-state index contributed by atoms with van der Waals surface area (Å²) in [6, 6.07) is 1.23. The quantitative estimate of drug-likeness (QED) is 0.467.